The number of halogens is 1. The predicted molar refractivity (Wildman–Crippen MR) is 55.5 cm³/mol. The molecule has 1 aromatic heterocycles. The van der Waals surface area contributed by atoms with Crippen LogP contribution in [0, 0.1) is 17.7 Å². The van der Waals surface area contributed by atoms with Gasteiger partial charge in [-0.05, 0) is 24.3 Å². The fourth-order valence-electron chi connectivity index (χ4n) is 1.15. The highest BCUT2D eigenvalue weighted by molar-refractivity contribution is 5.33. The van der Waals surface area contributed by atoms with Gasteiger partial charge in [-0.1, -0.05) is 11.8 Å². The highest BCUT2D eigenvalue weighted by Gasteiger charge is 1.88. The van der Waals surface area contributed by atoms with Gasteiger partial charge in [0.2, 0.25) is 0 Å². The Hall–Kier alpha value is -2.08. The third-order valence-corrected chi connectivity index (χ3v) is 1.90. The summed E-state index contributed by atoms with van der Waals surface area (Å²) in [5, 5.41) is 0. The third-order valence-electron chi connectivity index (χ3n) is 1.90. The summed E-state index contributed by atoms with van der Waals surface area (Å²) < 4.78 is 14.4. The Balaban J connectivity index is 2.03. The lowest BCUT2D eigenvalue weighted by Gasteiger charge is -1.91. The normalized spacial score (nSPS) is 9.40. The summed E-state index contributed by atoms with van der Waals surface area (Å²) >= 11 is 0. The number of hydrogen-bond acceptors (Lipinski definition) is 1. The largest absolute Gasteiger partial charge is 0.326 e. The molecule has 2 nitrogen and oxygen atoms in total. The molecule has 0 spiro atoms. The van der Waals surface area contributed by atoms with E-state index >= 15 is 0 Å². The Labute approximate surface area is 87.4 Å². The molecule has 0 saturated heterocycles. The first-order valence-electron chi connectivity index (χ1n) is 4.55. The average molecular weight is 200 g/mol. The van der Waals surface area contributed by atoms with E-state index in [4.69, 9.17) is 0 Å². The second kappa shape index (κ2) is 4.43. The summed E-state index contributed by atoms with van der Waals surface area (Å²) in [7, 11) is 0. The van der Waals surface area contributed by atoms with Gasteiger partial charge in [-0.3, -0.25) is 0 Å². The summed E-state index contributed by atoms with van der Waals surface area (Å²) in [5.41, 5.74) is 0.816. The molecular formula is C12H9FN2. The Morgan fingerprint density at radius 3 is 2.73 bits per heavy atom. The van der Waals surface area contributed by atoms with Crippen LogP contribution in [-0.2, 0) is 6.54 Å². The van der Waals surface area contributed by atoms with Crippen LogP contribution in [0.2, 0.25) is 0 Å². The number of rotatable bonds is 1. The van der Waals surface area contributed by atoms with E-state index in [0.717, 1.165) is 5.56 Å². The van der Waals surface area contributed by atoms with Crippen LogP contribution < -0.4 is 0 Å². The molecule has 2 aromatic rings. The van der Waals surface area contributed by atoms with Gasteiger partial charge in [0.1, 0.15) is 5.82 Å². The van der Waals surface area contributed by atoms with Gasteiger partial charge in [0.05, 0.1) is 12.9 Å². The summed E-state index contributed by atoms with van der Waals surface area (Å²) in [6.45, 7) is 0.595. The first kappa shape index (κ1) is 9.47. The fraction of sp³-hybridized carbons (Fsp3) is 0.0833. The maximum absolute atomic E-state index is 12.6. The van der Waals surface area contributed by atoms with Crippen LogP contribution in [0.1, 0.15) is 5.56 Å². The van der Waals surface area contributed by atoms with Gasteiger partial charge in [0.15, 0.2) is 0 Å². The van der Waals surface area contributed by atoms with Gasteiger partial charge in [-0.25, -0.2) is 9.37 Å². The van der Waals surface area contributed by atoms with Crippen molar-refractivity contribution in [2.75, 3.05) is 0 Å². The smallest absolute Gasteiger partial charge is 0.123 e. The van der Waals surface area contributed by atoms with E-state index in [1.165, 1.54) is 12.1 Å². The van der Waals surface area contributed by atoms with Gasteiger partial charge >= 0.3 is 0 Å². The topological polar surface area (TPSA) is 17.8 Å². The van der Waals surface area contributed by atoms with E-state index in [9.17, 15) is 4.39 Å². The van der Waals surface area contributed by atoms with Gasteiger partial charge in [0.25, 0.3) is 0 Å². The molecular weight excluding hydrogens is 191 g/mol. The molecule has 1 aromatic carbocycles. The fourth-order valence-corrected chi connectivity index (χ4v) is 1.15. The first-order valence-corrected chi connectivity index (χ1v) is 4.55. The quantitative estimate of drug-likeness (QED) is 0.644. The molecule has 0 N–H and O–H groups in total. The van der Waals surface area contributed by atoms with Crippen LogP contribution in [0.15, 0.2) is 43.0 Å². The summed E-state index contributed by atoms with van der Waals surface area (Å²) in [6, 6.07) is 6.13. The molecule has 0 aliphatic heterocycles. The standard InChI is InChI=1S/C12H9FN2/c13-12-5-3-11(4-6-12)2-1-8-15-9-7-14-10-15/h3-7,9-10H,8H2. The maximum Gasteiger partial charge on any atom is 0.123 e. The Morgan fingerprint density at radius 2 is 2.07 bits per heavy atom. The van der Waals surface area contributed by atoms with Gasteiger partial charge in [-0.15, -0.1) is 0 Å². The van der Waals surface area contributed by atoms with E-state index in [1.807, 2.05) is 10.8 Å². The number of aromatic nitrogens is 2. The van der Waals surface area contributed by atoms with Gasteiger partial charge in [-0.2, -0.15) is 0 Å². The van der Waals surface area contributed by atoms with Crippen molar-refractivity contribution in [3.63, 3.8) is 0 Å². The molecule has 3 heteroatoms. The lowest BCUT2D eigenvalue weighted by Crippen LogP contribution is -1.90. The highest BCUT2D eigenvalue weighted by atomic mass is 19.1. The van der Waals surface area contributed by atoms with Crippen LogP contribution in [0.5, 0.6) is 0 Å². The van der Waals surface area contributed by atoms with Gasteiger partial charge in [0, 0.05) is 18.0 Å². The first-order chi connectivity index (χ1) is 7.34. The molecule has 1 heterocycles. The monoisotopic (exact) mass is 200 g/mol. The zero-order valence-corrected chi connectivity index (χ0v) is 8.02. The van der Waals surface area contributed by atoms with Crippen LogP contribution >= 0.6 is 0 Å². The summed E-state index contributed by atoms with van der Waals surface area (Å²) in [6.07, 6.45) is 5.26. The molecule has 74 valence electrons. The number of benzene rings is 1. The average Bonchev–Trinajstić information content (AvgIpc) is 2.74. The van der Waals surface area contributed by atoms with Crippen LogP contribution in [0.25, 0.3) is 0 Å². The van der Waals surface area contributed by atoms with E-state index < -0.39 is 0 Å². The van der Waals surface area contributed by atoms with Crippen molar-refractivity contribution in [3.8, 4) is 11.8 Å². The molecule has 0 fully saturated rings. The molecule has 0 atom stereocenters. The third kappa shape index (κ3) is 2.68. The maximum atomic E-state index is 12.6. The Kier molecular flexibility index (Phi) is 2.80. The van der Waals surface area contributed by atoms with E-state index in [2.05, 4.69) is 16.8 Å². The second-order valence-electron chi connectivity index (χ2n) is 3.04. The molecule has 0 amide bonds. The van der Waals surface area contributed by atoms with Crippen molar-refractivity contribution in [1.29, 1.82) is 0 Å². The number of imidazole rings is 1. The van der Waals surface area contributed by atoms with Crippen LogP contribution in [0.3, 0.4) is 0 Å². The van der Waals surface area contributed by atoms with Gasteiger partial charge < -0.3 is 4.57 Å². The van der Waals surface area contributed by atoms with Crippen molar-refractivity contribution in [1.82, 2.24) is 9.55 Å². The SMILES string of the molecule is Fc1ccc(C#CCn2ccnc2)cc1. The van der Waals surface area contributed by atoms with Crippen molar-refractivity contribution in [3.05, 3.63) is 54.4 Å². The van der Waals surface area contributed by atoms with E-state index in [-0.39, 0.29) is 5.82 Å². The predicted octanol–water partition coefficient (Wildman–Crippen LogP) is 2.07. The van der Waals surface area contributed by atoms with Crippen molar-refractivity contribution >= 4 is 0 Å². The second-order valence-corrected chi connectivity index (χ2v) is 3.04. The Morgan fingerprint density at radius 1 is 1.27 bits per heavy atom. The van der Waals surface area contributed by atoms with Crippen molar-refractivity contribution in [2.24, 2.45) is 0 Å². The van der Waals surface area contributed by atoms with E-state index in [1.54, 1.807) is 24.7 Å². The number of nitrogens with zero attached hydrogens (tertiary/aromatic N) is 2. The molecule has 0 saturated carbocycles. The molecule has 15 heavy (non-hydrogen) atoms. The molecule has 2 rings (SSSR count). The highest BCUT2D eigenvalue weighted by Crippen LogP contribution is 2.00. The summed E-state index contributed by atoms with van der Waals surface area (Å²) in [4.78, 5) is 3.91. The molecule has 0 radical (unpaired) electrons. The van der Waals surface area contributed by atoms with Crippen LogP contribution in [0.4, 0.5) is 4.39 Å². The molecule has 0 aliphatic carbocycles. The minimum atomic E-state index is -0.241. The Bertz CT molecular complexity index is 475. The lowest BCUT2D eigenvalue weighted by molar-refractivity contribution is 0.627. The van der Waals surface area contributed by atoms with Crippen LogP contribution in [-0.4, -0.2) is 9.55 Å². The lowest BCUT2D eigenvalue weighted by atomic mass is 10.2. The number of hydrogen-bond donors (Lipinski definition) is 0. The summed E-state index contributed by atoms with van der Waals surface area (Å²) in [5.74, 6) is 5.68. The van der Waals surface area contributed by atoms with Crippen molar-refractivity contribution in [2.45, 2.75) is 6.54 Å². The zero-order valence-electron chi connectivity index (χ0n) is 8.02. The minimum absolute atomic E-state index is 0.241. The van der Waals surface area contributed by atoms with Crippen molar-refractivity contribution < 1.29 is 4.39 Å². The molecule has 0 unspecified atom stereocenters. The van der Waals surface area contributed by atoms with E-state index in [0.29, 0.717) is 6.54 Å². The zero-order chi connectivity index (χ0) is 10.5. The minimum Gasteiger partial charge on any atom is -0.326 e. The molecule has 0 bridgehead atoms. The molecule has 0 aliphatic rings.